The Morgan fingerprint density at radius 2 is 1.85 bits per heavy atom. The Kier molecular flexibility index (Phi) is 1.88. The topological polar surface area (TPSA) is 47.8 Å². The van der Waals surface area contributed by atoms with E-state index >= 15 is 0 Å². The van der Waals surface area contributed by atoms with Crippen molar-refractivity contribution in [1.82, 2.24) is 14.8 Å². The van der Waals surface area contributed by atoms with Gasteiger partial charge in [0, 0.05) is 24.7 Å². The monoisotopic (exact) mass is 173 g/mol. The normalized spacial score (nSPS) is 9.85. The van der Waals surface area contributed by atoms with Crippen molar-refractivity contribution in [2.24, 2.45) is 0 Å². The summed E-state index contributed by atoms with van der Waals surface area (Å²) < 4.78 is 1.32. The lowest BCUT2D eigenvalue weighted by Gasteiger charge is -2.00. The van der Waals surface area contributed by atoms with Crippen LogP contribution in [0.25, 0.3) is 5.69 Å². The fourth-order valence-electron chi connectivity index (χ4n) is 1.04. The lowest BCUT2D eigenvalue weighted by Crippen LogP contribution is -2.18. The fraction of sp³-hybridized carbons (Fsp3) is 0. The molecule has 0 saturated carbocycles. The quantitative estimate of drug-likeness (QED) is 0.635. The van der Waals surface area contributed by atoms with Crippen LogP contribution in [-0.4, -0.2) is 14.8 Å². The molecule has 13 heavy (non-hydrogen) atoms. The van der Waals surface area contributed by atoms with E-state index in [1.807, 2.05) is 0 Å². The van der Waals surface area contributed by atoms with Gasteiger partial charge < -0.3 is 0 Å². The van der Waals surface area contributed by atoms with E-state index in [2.05, 4.69) is 10.1 Å². The second kappa shape index (κ2) is 3.18. The molecule has 4 nitrogen and oxygen atoms in total. The maximum absolute atomic E-state index is 11.3. The van der Waals surface area contributed by atoms with E-state index in [4.69, 9.17) is 0 Å². The van der Waals surface area contributed by atoms with Crippen molar-refractivity contribution in [3.8, 4) is 5.69 Å². The van der Waals surface area contributed by atoms with Gasteiger partial charge in [0.15, 0.2) is 0 Å². The van der Waals surface area contributed by atoms with Crippen molar-refractivity contribution in [3.63, 3.8) is 0 Å². The van der Waals surface area contributed by atoms with Crippen LogP contribution >= 0.6 is 0 Å². The Bertz CT molecular complexity index is 450. The summed E-state index contributed by atoms with van der Waals surface area (Å²) in [7, 11) is 0. The van der Waals surface area contributed by atoms with Gasteiger partial charge in [-0.25, -0.2) is 0 Å². The minimum atomic E-state index is -0.145. The molecule has 2 aromatic heterocycles. The summed E-state index contributed by atoms with van der Waals surface area (Å²) in [6.07, 6.45) is 4.81. The standard InChI is InChI=1S/C9H7N3O/c13-9-2-1-5-11-12(9)8-3-6-10-7-4-8/h1-7H. The van der Waals surface area contributed by atoms with E-state index in [-0.39, 0.29) is 5.56 Å². The van der Waals surface area contributed by atoms with Crippen molar-refractivity contribution in [2.75, 3.05) is 0 Å². The van der Waals surface area contributed by atoms with Gasteiger partial charge in [-0.1, -0.05) is 0 Å². The van der Waals surface area contributed by atoms with Gasteiger partial charge in [0.1, 0.15) is 0 Å². The highest BCUT2D eigenvalue weighted by Crippen LogP contribution is 1.98. The van der Waals surface area contributed by atoms with E-state index in [1.54, 1.807) is 36.8 Å². The molecule has 0 amide bonds. The average molecular weight is 173 g/mol. The first-order valence-electron chi connectivity index (χ1n) is 3.83. The van der Waals surface area contributed by atoms with Gasteiger partial charge in [-0.15, -0.1) is 0 Å². The maximum atomic E-state index is 11.3. The summed E-state index contributed by atoms with van der Waals surface area (Å²) in [6, 6.07) is 6.54. The Morgan fingerprint density at radius 1 is 1.08 bits per heavy atom. The van der Waals surface area contributed by atoms with Gasteiger partial charge in [-0.3, -0.25) is 9.78 Å². The predicted molar refractivity (Wildman–Crippen MR) is 47.6 cm³/mol. The van der Waals surface area contributed by atoms with Crippen LogP contribution in [0.3, 0.4) is 0 Å². The third-order valence-electron chi connectivity index (χ3n) is 1.62. The summed E-state index contributed by atoms with van der Waals surface area (Å²) in [5, 5.41) is 3.92. The highest BCUT2D eigenvalue weighted by molar-refractivity contribution is 5.26. The van der Waals surface area contributed by atoms with Crippen molar-refractivity contribution < 1.29 is 0 Å². The Balaban J connectivity index is 2.60. The minimum absolute atomic E-state index is 0.145. The van der Waals surface area contributed by atoms with Crippen LogP contribution in [0.5, 0.6) is 0 Å². The Hall–Kier alpha value is -1.97. The number of hydrogen-bond donors (Lipinski definition) is 0. The number of hydrogen-bond acceptors (Lipinski definition) is 3. The zero-order chi connectivity index (χ0) is 9.10. The Morgan fingerprint density at radius 3 is 2.54 bits per heavy atom. The van der Waals surface area contributed by atoms with E-state index < -0.39 is 0 Å². The Labute approximate surface area is 74.5 Å². The molecule has 0 aromatic carbocycles. The number of nitrogens with zero attached hydrogens (tertiary/aromatic N) is 3. The molecule has 0 aliphatic rings. The molecule has 0 spiro atoms. The van der Waals surface area contributed by atoms with Gasteiger partial charge in [-0.2, -0.15) is 9.78 Å². The van der Waals surface area contributed by atoms with E-state index in [1.165, 1.54) is 10.7 Å². The van der Waals surface area contributed by atoms with Gasteiger partial charge >= 0.3 is 0 Å². The van der Waals surface area contributed by atoms with Crippen molar-refractivity contribution in [1.29, 1.82) is 0 Å². The highest BCUT2D eigenvalue weighted by atomic mass is 16.1. The van der Waals surface area contributed by atoms with Crippen LogP contribution in [0.15, 0.2) is 47.7 Å². The summed E-state index contributed by atoms with van der Waals surface area (Å²) >= 11 is 0. The van der Waals surface area contributed by atoms with Crippen LogP contribution in [0.4, 0.5) is 0 Å². The average Bonchev–Trinajstić information content (AvgIpc) is 2.20. The van der Waals surface area contributed by atoms with Crippen LogP contribution < -0.4 is 5.56 Å². The zero-order valence-corrected chi connectivity index (χ0v) is 6.79. The molecule has 2 aromatic rings. The van der Waals surface area contributed by atoms with Crippen LogP contribution in [0.2, 0.25) is 0 Å². The molecule has 0 saturated heterocycles. The minimum Gasteiger partial charge on any atom is -0.267 e. The molecule has 0 atom stereocenters. The number of aromatic nitrogens is 3. The van der Waals surface area contributed by atoms with Crippen LogP contribution in [0, 0.1) is 0 Å². The lowest BCUT2D eigenvalue weighted by atomic mass is 10.4. The largest absolute Gasteiger partial charge is 0.271 e. The highest BCUT2D eigenvalue weighted by Gasteiger charge is 1.96. The molecule has 0 aliphatic carbocycles. The lowest BCUT2D eigenvalue weighted by molar-refractivity contribution is 0.805. The molecule has 0 radical (unpaired) electrons. The van der Waals surface area contributed by atoms with Crippen molar-refractivity contribution in [3.05, 3.63) is 53.2 Å². The summed E-state index contributed by atoms with van der Waals surface area (Å²) in [6.45, 7) is 0. The molecule has 0 bridgehead atoms. The first-order chi connectivity index (χ1) is 6.38. The van der Waals surface area contributed by atoms with Gasteiger partial charge in [-0.05, 0) is 18.2 Å². The predicted octanol–water partition coefficient (Wildman–Crippen LogP) is 0.627. The summed E-state index contributed by atoms with van der Waals surface area (Å²) in [4.78, 5) is 15.2. The zero-order valence-electron chi connectivity index (χ0n) is 6.79. The third kappa shape index (κ3) is 1.46. The second-order valence-electron chi connectivity index (χ2n) is 2.48. The molecule has 4 heteroatoms. The first kappa shape index (κ1) is 7.67. The van der Waals surface area contributed by atoms with Gasteiger partial charge in [0.2, 0.25) is 0 Å². The molecular weight excluding hydrogens is 166 g/mol. The van der Waals surface area contributed by atoms with E-state index in [9.17, 15) is 4.79 Å². The maximum Gasteiger partial charge on any atom is 0.271 e. The molecule has 0 N–H and O–H groups in total. The van der Waals surface area contributed by atoms with Crippen LogP contribution in [-0.2, 0) is 0 Å². The number of pyridine rings is 1. The van der Waals surface area contributed by atoms with Crippen LogP contribution in [0.1, 0.15) is 0 Å². The third-order valence-corrected chi connectivity index (χ3v) is 1.62. The molecule has 0 fully saturated rings. The molecule has 64 valence electrons. The molecule has 2 heterocycles. The second-order valence-corrected chi connectivity index (χ2v) is 2.48. The van der Waals surface area contributed by atoms with E-state index in [0.717, 1.165) is 5.69 Å². The van der Waals surface area contributed by atoms with Crippen molar-refractivity contribution in [2.45, 2.75) is 0 Å². The van der Waals surface area contributed by atoms with E-state index in [0.29, 0.717) is 0 Å². The van der Waals surface area contributed by atoms with Gasteiger partial charge in [0.25, 0.3) is 5.56 Å². The molecule has 2 rings (SSSR count). The van der Waals surface area contributed by atoms with Crippen molar-refractivity contribution >= 4 is 0 Å². The SMILES string of the molecule is O=c1cccnn1-c1ccncc1. The molecule has 0 unspecified atom stereocenters. The van der Waals surface area contributed by atoms with Gasteiger partial charge in [0.05, 0.1) is 5.69 Å². The smallest absolute Gasteiger partial charge is 0.267 e. The number of rotatable bonds is 1. The summed E-state index contributed by atoms with van der Waals surface area (Å²) in [5.41, 5.74) is 0.578. The molecule has 0 aliphatic heterocycles. The first-order valence-corrected chi connectivity index (χ1v) is 3.83. The summed E-state index contributed by atoms with van der Waals surface area (Å²) in [5.74, 6) is 0. The molecular formula is C9H7N3O. The fourth-order valence-corrected chi connectivity index (χ4v) is 1.04.